The van der Waals surface area contributed by atoms with E-state index in [1.807, 2.05) is 13.8 Å². The first-order chi connectivity index (χ1) is 10.5. The van der Waals surface area contributed by atoms with Crippen LogP contribution in [0.25, 0.3) is 10.9 Å². The Balaban J connectivity index is 2.42. The van der Waals surface area contributed by atoms with Crippen molar-refractivity contribution < 1.29 is 10.2 Å². The highest BCUT2D eigenvalue weighted by Crippen LogP contribution is 2.24. The lowest BCUT2D eigenvalue weighted by molar-refractivity contribution is 0.194. The summed E-state index contributed by atoms with van der Waals surface area (Å²) in [6.45, 7) is 6.45. The Bertz CT molecular complexity index is 631. The standard InChI is InChI=1S/C15H23N5O2/c1-9(2)18-14-13-11(7-12(19-14)10(3)22)8-17-15(20-13)16-5-4-6-21/h7-10,21-22H,4-6H2,1-3H3,(H,18,19)(H,16,17,20). The molecule has 2 rings (SSSR count). The molecule has 0 aromatic carbocycles. The Morgan fingerprint density at radius 3 is 2.64 bits per heavy atom. The second-order valence-electron chi connectivity index (χ2n) is 5.51. The fourth-order valence-electron chi connectivity index (χ4n) is 2.01. The molecule has 7 nitrogen and oxygen atoms in total. The maximum absolute atomic E-state index is 9.77. The van der Waals surface area contributed by atoms with Gasteiger partial charge in [-0.1, -0.05) is 0 Å². The molecule has 1 atom stereocenters. The van der Waals surface area contributed by atoms with Gasteiger partial charge in [0, 0.05) is 30.8 Å². The van der Waals surface area contributed by atoms with Crippen LogP contribution >= 0.6 is 0 Å². The normalized spacial score (nSPS) is 12.6. The van der Waals surface area contributed by atoms with Crippen LogP contribution in [0.2, 0.25) is 0 Å². The highest BCUT2D eigenvalue weighted by molar-refractivity contribution is 5.88. The summed E-state index contributed by atoms with van der Waals surface area (Å²) in [5, 5.41) is 25.7. The number of rotatable bonds is 7. The Morgan fingerprint density at radius 2 is 2.00 bits per heavy atom. The van der Waals surface area contributed by atoms with Gasteiger partial charge in [0.2, 0.25) is 5.95 Å². The molecule has 0 amide bonds. The summed E-state index contributed by atoms with van der Waals surface area (Å²) in [4.78, 5) is 13.2. The predicted octanol–water partition coefficient (Wildman–Crippen LogP) is 1.69. The highest BCUT2D eigenvalue weighted by atomic mass is 16.3. The molecule has 0 saturated heterocycles. The molecule has 0 bridgehead atoms. The van der Waals surface area contributed by atoms with E-state index in [4.69, 9.17) is 5.11 Å². The van der Waals surface area contributed by atoms with Crippen LogP contribution in [0.5, 0.6) is 0 Å². The summed E-state index contributed by atoms with van der Waals surface area (Å²) in [6.07, 6.45) is 1.69. The monoisotopic (exact) mass is 305 g/mol. The van der Waals surface area contributed by atoms with Gasteiger partial charge in [-0.05, 0) is 33.3 Å². The molecule has 0 aliphatic rings. The smallest absolute Gasteiger partial charge is 0.223 e. The first-order valence-corrected chi connectivity index (χ1v) is 7.48. The van der Waals surface area contributed by atoms with E-state index in [-0.39, 0.29) is 12.6 Å². The molecule has 4 N–H and O–H groups in total. The second-order valence-corrected chi connectivity index (χ2v) is 5.51. The summed E-state index contributed by atoms with van der Waals surface area (Å²) in [7, 11) is 0. The van der Waals surface area contributed by atoms with Gasteiger partial charge >= 0.3 is 0 Å². The highest BCUT2D eigenvalue weighted by Gasteiger charge is 2.12. The molecular weight excluding hydrogens is 282 g/mol. The van der Waals surface area contributed by atoms with Crippen molar-refractivity contribution in [3.63, 3.8) is 0 Å². The number of fused-ring (bicyclic) bond motifs is 1. The number of nitrogens with zero attached hydrogens (tertiary/aromatic N) is 3. The van der Waals surface area contributed by atoms with E-state index in [0.717, 1.165) is 5.39 Å². The Hall–Kier alpha value is -1.99. The van der Waals surface area contributed by atoms with Crippen LogP contribution in [-0.2, 0) is 0 Å². The van der Waals surface area contributed by atoms with Gasteiger partial charge in [0.1, 0.15) is 5.52 Å². The van der Waals surface area contributed by atoms with Crippen LogP contribution in [0.15, 0.2) is 12.3 Å². The fraction of sp³-hybridized carbons (Fsp3) is 0.533. The zero-order chi connectivity index (χ0) is 16.1. The number of hydrogen-bond acceptors (Lipinski definition) is 7. The van der Waals surface area contributed by atoms with Crippen molar-refractivity contribution in [1.29, 1.82) is 0 Å². The van der Waals surface area contributed by atoms with Crippen LogP contribution in [0, 0.1) is 0 Å². The molecule has 0 radical (unpaired) electrons. The lowest BCUT2D eigenvalue weighted by atomic mass is 10.2. The van der Waals surface area contributed by atoms with E-state index >= 15 is 0 Å². The maximum atomic E-state index is 9.77. The first-order valence-electron chi connectivity index (χ1n) is 7.48. The molecule has 7 heteroatoms. The first kappa shape index (κ1) is 16.4. The second kappa shape index (κ2) is 7.33. The van der Waals surface area contributed by atoms with Crippen molar-refractivity contribution >= 4 is 22.7 Å². The molecule has 0 aliphatic carbocycles. The summed E-state index contributed by atoms with van der Waals surface area (Å²) < 4.78 is 0. The quantitative estimate of drug-likeness (QED) is 0.577. The molecule has 2 heterocycles. The summed E-state index contributed by atoms with van der Waals surface area (Å²) in [5.74, 6) is 1.13. The average Bonchev–Trinajstić information content (AvgIpc) is 2.47. The number of aromatic nitrogens is 3. The molecule has 0 spiro atoms. The number of nitrogens with one attached hydrogen (secondary N) is 2. The topological polar surface area (TPSA) is 103 Å². The lowest BCUT2D eigenvalue weighted by Crippen LogP contribution is -2.14. The van der Waals surface area contributed by atoms with Crippen LogP contribution < -0.4 is 10.6 Å². The summed E-state index contributed by atoms with van der Waals surface area (Å²) in [6, 6.07) is 1.99. The molecular formula is C15H23N5O2. The Morgan fingerprint density at radius 1 is 1.23 bits per heavy atom. The number of aliphatic hydroxyl groups excluding tert-OH is 2. The summed E-state index contributed by atoms with van der Waals surface area (Å²) in [5.41, 5.74) is 1.29. The van der Waals surface area contributed by atoms with E-state index in [1.165, 1.54) is 0 Å². The maximum Gasteiger partial charge on any atom is 0.223 e. The number of hydrogen-bond donors (Lipinski definition) is 4. The van der Waals surface area contributed by atoms with Gasteiger partial charge < -0.3 is 20.8 Å². The van der Waals surface area contributed by atoms with Gasteiger partial charge in [-0.3, -0.25) is 0 Å². The van der Waals surface area contributed by atoms with Crippen molar-refractivity contribution in [1.82, 2.24) is 15.0 Å². The fourth-order valence-corrected chi connectivity index (χ4v) is 2.01. The van der Waals surface area contributed by atoms with Crippen molar-refractivity contribution in [2.24, 2.45) is 0 Å². The SMILES string of the molecule is CC(C)Nc1nc(C(C)O)cc2cnc(NCCCO)nc12. The van der Waals surface area contributed by atoms with Crippen molar-refractivity contribution in [2.75, 3.05) is 23.8 Å². The lowest BCUT2D eigenvalue weighted by Gasteiger charge is -2.15. The van der Waals surface area contributed by atoms with E-state index in [0.29, 0.717) is 35.9 Å². The third-order valence-electron chi connectivity index (χ3n) is 3.06. The number of anilines is 2. The third kappa shape index (κ3) is 4.02. The zero-order valence-corrected chi connectivity index (χ0v) is 13.2. The Kier molecular flexibility index (Phi) is 5.46. The molecule has 2 aromatic rings. The van der Waals surface area contributed by atoms with Crippen molar-refractivity contribution in [2.45, 2.75) is 39.3 Å². The molecule has 0 fully saturated rings. The van der Waals surface area contributed by atoms with E-state index < -0.39 is 6.10 Å². The van der Waals surface area contributed by atoms with E-state index in [1.54, 1.807) is 19.2 Å². The Labute approximate surface area is 129 Å². The third-order valence-corrected chi connectivity index (χ3v) is 3.06. The number of pyridine rings is 1. The minimum atomic E-state index is -0.653. The molecule has 120 valence electrons. The van der Waals surface area contributed by atoms with E-state index in [9.17, 15) is 5.11 Å². The number of aliphatic hydroxyl groups is 2. The minimum absolute atomic E-state index is 0.125. The predicted molar refractivity (Wildman–Crippen MR) is 86.9 cm³/mol. The van der Waals surface area contributed by atoms with Gasteiger partial charge in [-0.15, -0.1) is 0 Å². The van der Waals surface area contributed by atoms with E-state index in [2.05, 4.69) is 25.6 Å². The largest absolute Gasteiger partial charge is 0.396 e. The van der Waals surface area contributed by atoms with Crippen LogP contribution in [-0.4, -0.2) is 44.4 Å². The van der Waals surface area contributed by atoms with Gasteiger partial charge in [0.15, 0.2) is 5.82 Å². The molecule has 2 aromatic heterocycles. The van der Waals surface area contributed by atoms with Gasteiger partial charge in [0.05, 0.1) is 11.8 Å². The van der Waals surface area contributed by atoms with Crippen molar-refractivity contribution in [3.05, 3.63) is 18.0 Å². The molecule has 22 heavy (non-hydrogen) atoms. The van der Waals surface area contributed by atoms with Crippen LogP contribution in [0.1, 0.15) is 39.0 Å². The van der Waals surface area contributed by atoms with Gasteiger partial charge in [0.25, 0.3) is 0 Å². The van der Waals surface area contributed by atoms with Gasteiger partial charge in [-0.2, -0.15) is 0 Å². The molecule has 1 unspecified atom stereocenters. The minimum Gasteiger partial charge on any atom is -0.396 e. The van der Waals surface area contributed by atoms with Gasteiger partial charge in [-0.25, -0.2) is 15.0 Å². The average molecular weight is 305 g/mol. The summed E-state index contributed by atoms with van der Waals surface area (Å²) >= 11 is 0. The molecule has 0 saturated carbocycles. The van der Waals surface area contributed by atoms with Crippen LogP contribution in [0.4, 0.5) is 11.8 Å². The molecule has 0 aliphatic heterocycles. The van der Waals surface area contributed by atoms with Crippen molar-refractivity contribution in [3.8, 4) is 0 Å². The zero-order valence-electron chi connectivity index (χ0n) is 13.2. The van der Waals surface area contributed by atoms with Crippen LogP contribution in [0.3, 0.4) is 0 Å².